The van der Waals surface area contributed by atoms with E-state index in [1.807, 2.05) is 12.1 Å². The third kappa shape index (κ3) is 1.16. The predicted octanol–water partition coefficient (Wildman–Crippen LogP) is 1.56. The van der Waals surface area contributed by atoms with Crippen molar-refractivity contribution >= 4 is 11.8 Å². The molecule has 74 valence electrons. The summed E-state index contributed by atoms with van der Waals surface area (Å²) in [5, 5.41) is 10.1. The van der Waals surface area contributed by atoms with E-state index in [0.717, 1.165) is 35.8 Å². The van der Waals surface area contributed by atoms with E-state index < -0.39 is 5.60 Å². The van der Waals surface area contributed by atoms with Crippen LogP contribution >= 0.6 is 11.8 Å². The number of benzene rings is 1. The van der Waals surface area contributed by atoms with E-state index in [-0.39, 0.29) is 0 Å². The molecule has 3 heteroatoms. The summed E-state index contributed by atoms with van der Waals surface area (Å²) >= 11 is 1.78. The minimum atomic E-state index is -0.592. The Balaban J connectivity index is 2.00. The van der Waals surface area contributed by atoms with Gasteiger partial charge in [0, 0.05) is 17.9 Å². The molecular weight excluding hydrogens is 196 g/mol. The summed E-state index contributed by atoms with van der Waals surface area (Å²) < 4.78 is 5.48. The Morgan fingerprint density at radius 1 is 1.36 bits per heavy atom. The lowest BCUT2D eigenvalue weighted by Gasteiger charge is -2.36. The lowest BCUT2D eigenvalue weighted by molar-refractivity contribution is 0.0766. The largest absolute Gasteiger partial charge is 0.493 e. The molecule has 0 unspecified atom stereocenters. The van der Waals surface area contributed by atoms with Gasteiger partial charge in [-0.3, -0.25) is 0 Å². The van der Waals surface area contributed by atoms with Crippen LogP contribution in [0.3, 0.4) is 0 Å². The molecule has 0 radical (unpaired) electrons. The number of aliphatic hydroxyl groups is 1. The molecule has 0 aromatic heterocycles. The monoisotopic (exact) mass is 208 g/mol. The lowest BCUT2D eigenvalue weighted by Crippen LogP contribution is -2.39. The highest BCUT2D eigenvalue weighted by Crippen LogP contribution is 2.40. The first-order chi connectivity index (χ1) is 6.78. The van der Waals surface area contributed by atoms with Crippen molar-refractivity contribution in [2.24, 2.45) is 0 Å². The summed E-state index contributed by atoms with van der Waals surface area (Å²) in [4.78, 5) is 0. The molecule has 1 aromatic carbocycles. The van der Waals surface area contributed by atoms with Crippen LogP contribution in [0, 0.1) is 0 Å². The van der Waals surface area contributed by atoms with Crippen molar-refractivity contribution in [3.63, 3.8) is 0 Å². The number of fused-ring (bicyclic) bond motifs is 1. The van der Waals surface area contributed by atoms with E-state index >= 15 is 0 Å². The normalized spacial score (nSPS) is 22.4. The van der Waals surface area contributed by atoms with Crippen LogP contribution in [0.15, 0.2) is 18.2 Å². The highest BCUT2D eigenvalue weighted by molar-refractivity contribution is 8.00. The molecule has 2 aliphatic heterocycles. The molecule has 0 amide bonds. The van der Waals surface area contributed by atoms with Crippen molar-refractivity contribution < 1.29 is 9.84 Å². The van der Waals surface area contributed by atoms with E-state index in [4.69, 9.17) is 4.74 Å². The first kappa shape index (κ1) is 8.62. The summed E-state index contributed by atoms with van der Waals surface area (Å²) in [5.41, 5.74) is 1.69. The van der Waals surface area contributed by atoms with Gasteiger partial charge in [0.15, 0.2) is 0 Å². The molecule has 14 heavy (non-hydrogen) atoms. The molecule has 1 fully saturated rings. The Bertz CT molecular complexity index is 372. The number of thioether (sulfide) groups is 1. The molecule has 2 heterocycles. The zero-order valence-corrected chi connectivity index (χ0v) is 8.64. The summed E-state index contributed by atoms with van der Waals surface area (Å²) in [5.74, 6) is 2.59. The molecule has 1 N–H and O–H groups in total. The van der Waals surface area contributed by atoms with Crippen LogP contribution in [0.5, 0.6) is 5.75 Å². The van der Waals surface area contributed by atoms with Gasteiger partial charge in [0.25, 0.3) is 0 Å². The summed E-state index contributed by atoms with van der Waals surface area (Å²) in [7, 11) is 0. The lowest BCUT2D eigenvalue weighted by atomic mass is 9.95. The first-order valence-corrected chi connectivity index (χ1v) is 6.00. The predicted molar refractivity (Wildman–Crippen MR) is 56.9 cm³/mol. The third-order valence-corrected chi connectivity index (χ3v) is 4.28. The maximum atomic E-state index is 10.1. The molecule has 2 nitrogen and oxygen atoms in total. The van der Waals surface area contributed by atoms with Gasteiger partial charge in [-0.2, -0.15) is 11.8 Å². The number of ether oxygens (including phenoxy) is 1. The SMILES string of the molecule is OC1(c2ccc3c(c2)OCC3)CSC1. The molecule has 0 spiro atoms. The van der Waals surface area contributed by atoms with Crippen LogP contribution in [0.2, 0.25) is 0 Å². The van der Waals surface area contributed by atoms with E-state index in [9.17, 15) is 5.11 Å². The Kier molecular flexibility index (Phi) is 1.79. The van der Waals surface area contributed by atoms with Crippen molar-refractivity contribution in [3.05, 3.63) is 29.3 Å². The number of rotatable bonds is 1. The Labute approximate surface area is 87.3 Å². The van der Waals surface area contributed by atoms with E-state index in [1.54, 1.807) is 11.8 Å². The van der Waals surface area contributed by atoms with Gasteiger partial charge >= 0.3 is 0 Å². The van der Waals surface area contributed by atoms with Gasteiger partial charge in [-0.05, 0) is 17.2 Å². The molecular formula is C11H12O2S. The Hall–Kier alpha value is -0.670. The molecule has 0 atom stereocenters. The summed E-state index contributed by atoms with van der Waals surface area (Å²) in [6.45, 7) is 0.784. The average Bonchev–Trinajstić information content (AvgIpc) is 2.60. The molecule has 2 aliphatic rings. The minimum Gasteiger partial charge on any atom is -0.493 e. The van der Waals surface area contributed by atoms with Crippen LogP contribution in [-0.4, -0.2) is 23.2 Å². The maximum absolute atomic E-state index is 10.1. The van der Waals surface area contributed by atoms with Gasteiger partial charge < -0.3 is 9.84 Å². The summed E-state index contributed by atoms with van der Waals surface area (Å²) in [6, 6.07) is 6.12. The number of hydrogen-bond donors (Lipinski definition) is 1. The molecule has 0 bridgehead atoms. The molecule has 1 saturated heterocycles. The van der Waals surface area contributed by atoms with Gasteiger partial charge in [0.05, 0.1) is 6.61 Å². The van der Waals surface area contributed by atoms with Crippen LogP contribution in [0.1, 0.15) is 11.1 Å². The molecule has 1 aromatic rings. The first-order valence-electron chi connectivity index (χ1n) is 4.84. The zero-order valence-electron chi connectivity index (χ0n) is 7.82. The van der Waals surface area contributed by atoms with Gasteiger partial charge in [-0.15, -0.1) is 0 Å². The van der Waals surface area contributed by atoms with Crippen molar-refractivity contribution in [1.29, 1.82) is 0 Å². The average molecular weight is 208 g/mol. The molecule has 0 saturated carbocycles. The number of hydrogen-bond acceptors (Lipinski definition) is 3. The standard InChI is InChI=1S/C11H12O2S/c12-11(6-14-7-11)9-2-1-8-3-4-13-10(8)5-9/h1-2,5,12H,3-4,6-7H2. The highest BCUT2D eigenvalue weighted by Gasteiger charge is 2.37. The van der Waals surface area contributed by atoms with Gasteiger partial charge in [-0.1, -0.05) is 12.1 Å². The highest BCUT2D eigenvalue weighted by atomic mass is 32.2. The van der Waals surface area contributed by atoms with Crippen molar-refractivity contribution in [2.45, 2.75) is 12.0 Å². The van der Waals surface area contributed by atoms with Crippen molar-refractivity contribution in [2.75, 3.05) is 18.1 Å². The van der Waals surface area contributed by atoms with Crippen LogP contribution < -0.4 is 4.74 Å². The second-order valence-corrected chi connectivity index (χ2v) is 4.93. The van der Waals surface area contributed by atoms with Crippen LogP contribution in [0.25, 0.3) is 0 Å². The van der Waals surface area contributed by atoms with Crippen molar-refractivity contribution in [1.82, 2.24) is 0 Å². The second kappa shape index (κ2) is 2.91. The van der Waals surface area contributed by atoms with Crippen molar-refractivity contribution in [3.8, 4) is 5.75 Å². The van der Waals surface area contributed by atoms with E-state index in [0.29, 0.717) is 0 Å². The third-order valence-electron chi connectivity index (χ3n) is 2.92. The van der Waals surface area contributed by atoms with E-state index in [1.165, 1.54) is 5.56 Å². The Morgan fingerprint density at radius 2 is 2.21 bits per heavy atom. The fourth-order valence-corrected chi connectivity index (χ4v) is 2.84. The van der Waals surface area contributed by atoms with E-state index in [2.05, 4.69) is 6.07 Å². The maximum Gasteiger partial charge on any atom is 0.123 e. The van der Waals surface area contributed by atoms with Gasteiger partial charge in [0.2, 0.25) is 0 Å². The van der Waals surface area contributed by atoms with Crippen LogP contribution in [-0.2, 0) is 12.0 Å². The fourth-order valence-electron chi connectivity index (χ4n) is 1.92. The fraction of sp³-hybridized carbons (Fsp3) is 0.455. The van der Waals surface area contributed by atoms with Gasteiger partial charge in [-0.25, -0.2) is 0 Å². The topological polar surface area (TPSA) is 29.5 Å². The minimum absolute atomic E-state index is 0.592. The zero-order chi connectivity index (χ0) is 9.60. The smallest absolute Gasteiger partial charge is 0.123 e. The second-order valence-electron chi connectivity index (χ2n) is 3.95. The van der Waals surface area contributed by atoms with Crippen LogP contribution in [0.4, 0.5) is 0 Å². The summed E-state index contributed by atoms with van der Waals surface area (Å²) in [6.07, 6.45) is 1.00. The molecule has 3 rings (SSSR count). The molecule has 0 aliphatic carbocycles. The van der Waals surface area contributed by atoms with Gasteiger partial charge in [0.1, 0.15) is 11.4 Å². The Morgan fingerprint density at radius 3 is 2.93 bits per heavy atom. The quantitative estimate of drug-likeness (QED) is 0.759.